The van der Waals surface area contributed by atoms with Crippen LogP contribution in [0.4, 0.5) is 11.8 Å². The Hall–Kier alpha value is -2.65. The molecule has 4 aliphatic carbocycles. The van der Waals surface area contributed by atoms with Gasteiger partial charge in [-0.15, -0.1) is 0 Å². The quantitative estimate of drug-likeness (QED) is 0.563. The molecule has 5 atom stereocenters. The van der Waals surface area contributed by atoms with Crippen molar-refractivity contribution in [1.82, 2.24) is 9.97 Å². The molecular weight excluding hydrogens is 384 g/mol. The van der Waals surface area contributed by atoms with E-state index in [-0.39, 0.29) is 0 Å². The first-order valence-corrected chi connectivity index (χ1v) is 11.7. The number of rotatable bonds is 8. The molecule has 0 spiro atoms. The largest absolute Gasteiger partial charge is 0.368 e. The Labute approximate surface area is 184 Å². The number of nitriles is 1. The Kier molecular flexibility index (Phi) is 5.54. The summed E-state index contributed by atoms with van der Waals surface area (Å²) in [5.74, 6) is 3.43. The van der Waals surface area contributed by atoms with Crippen molar-refractivity contribution < 1.29 is 0 Å². The molecule has 4 unspecified atom stereocenters. The van der Waals surface area contributed by atoms with Crippen molar-refractivity contribution in [2.24, 2.45) is 28.9 Å². The van der Waals surface area contributed by atoms with Crippen molar-refractivity contribution in [2.45, 2.75) is 51.0 Å². The van der Waals surface area contributed by atoms with Gasteiger partial charge in [-0.3, -0.25) is 0 Å². The summed E-state index contributed by atoms with van der Waals surface area (Å²) in [6.07, 6.45) is 9.99. The van der Waals surface area contributed by atoms with Crippen LogP contribution < -0.4 is 16.4 Å². The van der Waals surface area contributed by atoms with E-state index in [9.17, 15) is 5.26 Å². The van der Waals surface area contributed by atoms with Gasteiger partial charge in [0.2, 0.25) is 5.95 Å². The number of nitrogens with zero attached hydrogens (tertiary/aromatic N) is 3. The second-order valence-electron chi connectivity index (χ2n) is 9.98. The van der Waals surface area contributed by atoms with E-state index >= 15 is 0 Å². The highest BCUT2D eigenvalue weighted by molar-refractivity contribution is 5.53. The highest BCUT2D eigenvalue weighted by atomic mass is 15.1. The van der Waals surface area contributed by atoms with Gasteiger partial charge in [0.15, 0.2) is 0 Å². The van der Waals surface area contributed by atoms with E-state index in [1.807, 2.05) is 6.07 Å². The SMILES string of the molecule is N#Cc1cnc(NCCCc2ccccc2)nc1NCC12CC3CC(C1)C(N)[C@H](C3)C2. The lowest BCUT2D eigenvalue weighted by molar-refractivity contribution is -0.0591. The van der Waals surface area contributed by atoms with Gasteiger partial charge in [0.1, 0.15) is 17.5 Å². The summed E-state index contributed by atoms with van der Waals surface area (Å²) in [5.41, 5.74) is 8.66. The zero-order valence-electron chi connectivity index (χ0n) is 18.1. The van der Waals surface area contributed by atoms with Gasteiger partial charge in [0, 0.05) is 19.1 Å². The summed E-state index contributed by atoms with van der Waals surface area (Å²) in [6, 6.07) is 13.1. The van der Waals surface area contributed by atoms with Crippen LogP contribution in [0, 0.1) is 34.5 Å². The second-order valence-corrected chi connectivity index (χ2v) is 9.98. The Morgan fingerprint density at radius 1 is 1.10 bits per heavy atom. The summed E-state index contributed by atoms with van der Waals surface area (Å²) in [7, 11) is 0. The number of nitrogens with two attached hydrogens (primary N) is 1. The van der Waals surface area contributed by atoms with Crippen molar-refractivity contribution in [2.75, 3.05) is 23.7 Å². The summed E-state index contributed by atoms with van der Waals surface area (Å²) >= 11 is 0. The molecule has 31 heavy (non-hydrogen) atoms. The molecule has 4 fully saturated rings. The number of aryl methyl sites for hydroxylation is 1. The van der Waals surface area contributed by atoms with Crippen LogP contribution in [0.15, 0.2) is 36.5 Å². The molecule has 6 heteroatoms. The molecule has 0 radical (unpaired) electrons. The lowest BCUT2D eigenvalue weighted by Gasteiger charge is -2.59. The number of aromatic nitrogens is 2. The van der Waals surface area contributed by atoms with Crippen LogP contribution in [0.1, 0.15) is 49.7 Å². The van der Waals surface area contributed by atoms with Crippen LogP contribution in [0.5, 0.6) is 0 Å². The van der Waals surface area contributed by atoms with Crippen molar-refractivity contribution >= 4 is 11.8 Å². The predicted molar refractivity (Wildman–Crippen MR) is 122 cm³/mol. The molecule has 1 aromatic carbocycles. The lowest BCUT2D eigenvalue weighted by Crippen LogP contribution is -2.58. The number of hydrogen-bond acceptors (Lipinski definition) is 6. The standard InChI is InChI=1S/C25H32N6/c26-14-21-15-29-24(28-8-4-7-17-5-2-1-3-6-17)31-23(21)30-16-25-11-18-9-19(12-25)22(27)20(10-18)13-25/h1-3,5-6,15,18-20,22H,4,7-13,16,27H2,(H2,28,29,30,31)/t18?,19-,20?,22?,25?/m1/s1. The highest BCUT2D eigenvalue weighted by Gasteiger charge is 2.54. The first-order valence-electron chi connectivity index (χ1n) is 11.7. The van der Waals surface area contributed by atoms with Crippen molar-refractivity contribution in [3.05, 3.63) is 47.7 Å². The van der Waals surface area contributed by atoms with Gasteiger partial charge in [-0.25, -0.2) is 4.98 Å². The highest BCUT2D eigenvalue weighted by Crippen LogP contribution is 2.59. The monoisotopic (exact) mass is 416 g/mol. The molecular formula is C25H32N6. The molecule has 6 nitrogen and oxygen atoms in total. The number of nitrogens with one attached hydrogen (secondary N) is 2. The number of anilines is 2. The van der Waals surface area contributed by atoms with Gasteiger partial charge in [0.25, 0.3) is 0 Å². The summed E-state index contributed by atoms with van der Waals surface area (Å²) in [4.78, 5) is 8.98. The number of hydrogen-bond donors (Lipinski definition) is 3. The second kappa shape index (κ2) is 8.47. The molecule has 4 saturated carbocycles. The van der Waals surface area contributed by atoms with E-state index in [0.29, 0.717) is 40.6 Å². The molecule has 0 amide bonds. The molecule has 4 bridgehead atoms. The molecule has 0 saturated heterocycles. The van der Waals surface area contributed by atoms with Crippen LogP contribution in [0.25, 0.3) is 0 Å². The van der Waals surface area contributed by atoms with E-state index in [2.05, 4.69) is 50.9 Å². The minimum Gasteiger partial charge on any atom is -0.368 e. The van der Waals surface area contributed by atoms with Gasteiger partial charge in [-0.05, 0) is 73.7 Å². The van der Waals surface area contributed by atoms with Gasteiger partial charge in [0.05, 0.1) is 6.20 Å². The zero-order valence-corrected chi connectivity index (χ0v) is 18.1. The third-order valence-electron chi connectivity index (χ3n) is 7.78. The summed E-state index contributed by atoms with van der Waals surface area (Å²) in [5, 5.41) is 16.4. The average Bonchev–Trinajstić information content (AvgIpc) is 2.79. The Morgan fingerprint density at radius 3 is 2.61 bits per heavy atom. The third-order valence-corrected chi connectivity index (χ3v) is 7.78. The smallest absolute Gasteiger partial charge is 0.224 e. The Morgan fingerprint density at radius 2 is 1.87 bits per heavy atom. The Bertz CT molecular complexity index is 936. The summed E-state index contributed by atoms with van der Waals surface area (Å²) in [6.45, 7) is 1.68. The normalized spacial score (nSPS) is 30.7. The molecule has 2 aromatic rings. The zero-order chi connectivity index (χ0) is 21.3. The molecule has 1 aromatic heterocycles. The molecule has 6 rings (SSSR count). The van der Waals surface area contributed by atoms with Gasteiger partial charge in [-0.2, -0.15) is 10.2 Å². The topological polar surface area (TPSA) is 99.6 Å². The maximum atomic E-state index is 9.54. The fraction of sp³-hybridized carbons (Fsp3) is 0.560. The Balaban J connectivity index is 1.20. The first-order chi connectivity index (χ1) is 15.1. The van der Waals surface area contributed by atoms with E-state index in [1.165, 1.54) is 37.7 Å². The van der Waals surface area contributed by atoms with E-state index in [1.54, 1.807) is 6.20 Å². The van der Waals surface area contributed by atoms with E-state index < -0.39 is 0 Å². The van der Waals surface area contributed by atoms with Crippen molar-refractivity contribution in [1.29, 1.82) is 5.26 Å². The van der Waals surface area contributed by atoms with Crippen LogP contribution in [-0.4, -0.2) is 29.1 Å². The average molecular weight is 417 g/mol. The van der Waals surface area contributed by atoms with Crippen LogP contribution in [-0.2, 0) is 6.42 Å². The van der Waals surface area contributed by atoms with Crippen molar-refractivity contribution in [3.8, 4) is 6.07 Å². The molecule has 1 heterocycles. The summed E-state index contributed by atoms with van der Waals surface area (Å²) < 4.78 is 0. The fourth-order valence-electron chi connectivity index (χ4n) is 6.54. The lowest BCUT2D eigenvalue weighted by atomic mass is 9.48. The van der Waals surface area contributed by atoms with Crippen LogP contribution >= 0.6 is 0 Å². The molecule has 162 valence electrons. The van der Waals surface area contributed by atoms with Gasteiger partial charge >= 0.3 is 0 Å². The van der Waals surface area contributed by atoms with E-state index in [0.717, 1.165) is 31.8 Å². The first kappa shape index (κ1) is 20.3. The van der Waals surface area contributed by atoms with Crippen molar-refractivity contribution in [3.63, 3.8) is 0 Å². The maximum Gasteiger partial charge on any atom is 0.224 e. The third kappa shape index (κ3) is 4.24. The minimum absolute atomic E-state index is 0.313. The number of benzene rings is 1. The molecule has 4 N–H and O–H groups in total. The predicted octanol–water partition coefficient (Wildman–Crippen LogP) is 3.96. The molecule has 4 aliphatic rings. The van der Waals surface area contributed by atoms with Gasteiger partial charge < -0.3 is 16.4 Å². The van der Waals surface area contributed by atoms with Crippen LogP contribution in [0.2, 0.25) is 0 Å². The van der Waals surface area contributed by atoms with Gasteiger partial charge in [-0.1, -0.05) is 30.3 Å². The maximum absolute atomic E-state index is 9.54. The van der Waals surface area contributed by atoms with E-state index in [4.69, 9.17) is 5.73 Å². The minimum atomic E-state index is 0.313. The molecule has 0 aliphatic heterocycles. The van der Waals surface area contributed by atoms with Crippen LogP contribution in [0.3, 0.4) is 0 Å². The fourth-order valence-corrected chi connectivity index (χ4v) is 6.54.